The molecule has 4 saturated carbocycles. The van der Waals surface area contributed by atoms with E-state index < -0.39 is 29.2 Å². The lowest BCUT2D eigenvalue weighted by molar-refractivity contribution is -0.647. The van der Waals surface area contributed by atoms with Gasteiger partial charge in [0, 0.05) is 31.1 Å². The second-order valence-corrected chi connectivity index (χ2v) is 10.0. The topological polar surface area (TPSA) is 112 Å². The van der Waals surface area contributed by atoms with Gasteiger partial charge in [-0.1, -0.05) is 29.8 Å². The number of hydrogen-bond donors (Lipinski definition) is 2. The van der Waals surface area contributed by atoms with Crippen LogP contribution in [-0.2, 0) is 34.6 Å². The number of aryl methyl sites for hydroxylation is 1. The molecule has 8 heteroatoms. The molecule has 1 aromatic carbocycles. The van der Waals surface area contributed by atoms with Gasteiger partial charge in [0.1, 0.15) is 0 Å². The number of carboxylic acid groups (broad SMARTS) is 2. The van der Waals surface area contributed by atoms with Crippen LogP contribution >= 0.6 is 0 Å². The minimum atomic E-state index is -1.44. The van der Waals surface area contributed by atoms with Gasteiger partial charge in [0.25, 0.3) is 5.79 Å². The number of benzene rings is 1. The highest BCUT2D eigenvalue weighted by Gasteiger charge is 2.78. The second-order valence-electron chi connectivity index (χ2n) is 10.0. The molecule has 1 aliphatic heterocycles. The molecule has 6 rings (SSSR count). The van der Waals surface area contributed by atoms with Crippen molar-refractivity contribution in [1.82, 2.24) is 0 Å². The van der Waals surface area contributed by atoms with E-state index in [1.54, 1.807) is 7.11 Å². The Morgan fingerprint density at radius 3 is 2.34 bits per heavy atom. The number of carbonyl (C=O) groups is 2. The van der Waals surface area contributed by atoms with Crippen molar-refractivity contribution in [1.29, 1.82) is 0 Å². The zero-order valence-electron chi connectivity index (χ0n) is 18.4. The van der Waals surface area contributed by atoms with Gasteiger partial charge < -0.3 is 19.7 Å². The van der Waals surface area contributed by atoms with Gasteiger partial charge in [-0.2, -0.15) is 4.89 Å². The van der Waals surface area contributed by atoms with E-state index in [-0.39, 0.29) is 30.5 Å². The lowest BCUT2D eigenvalue weighted by atomic mass is 9.45. The van der Waals surface area contributed by atoms with Gasteiger partial charge >= 0.3 is 11.9 Å². The van der Waals surface area contributed by atoms with Crippen molar-refractivity contribution in [3.8, 4) is 0 Å². The van der Waals surface area contributed by atoms with Gasteiger partial charge in [0.2, 0.25) is 0 Å². The standard InChI is InChI=1S/C24H30O8/c1-14-4-3-5-16(8-14)24(29-2)23(31-32-24)17-9-15-10-18(23)13-22(11-15,12-17)30-7-6-19(20(25)26)21(27)28/h3-5,8,15,17-19H,6-7,9-13H2,1-2H3,(H,25,26)(H,27,28). The molecule has 2 N–H and O–H groups in total. The first-order valence-corrected chi connectivity index (χ1v) is 11.3. The molecule has 1 heterocycles. The van der Waals surface area contributed by atoms with E-state index in [4.69, 9.17) is 29.5 Å². The molecule has 3 atom stereocenters. The Balaban J connectivity index is 1.38. The van der Waals surface area contributed by atoms with Gasteiger partial charge in [-0.3, -0.25) is 9.59 Å². The largest absolute Gasteiger partial charge is 0.481 e. The van der Waals surface area contributed by atoms with Crippen LogP contribution in [0.5, 0.6) is 0 Å². The predicted octanol–water partition coefficient (Wildman–Crippen LogP) is 3.27. The fourth-order valence-corrected chi connectivity index (χ4v) is 7.14. The zero-order chi connectivity index (χ0) is 22.7. The van der Waals surface area contributed by atoms with Gasteiger partial charge in [0.05, 0.1) is 5.60 Å². The van der Waals surface area contributed by atoms with E-state index in [9.17, 15) is 9.59 Å². The summed E-state index contributed by atoms with van der Waals surface area (Å²) in [5.74, 6) is -4.19. The smallest absolute Gasteiger partial charge is 0.317 e. The minimum Gasteiger partial charge on any atom is -0.481 e. The molecule has 0 aromatic heterocycles. The van der Waals surface area contributed by atoms with Crippen molar-refractivity contribution in [3.63, 3.8) is 0 Å². The van der Waals surface area contributed by atoms with Gasteiger partial charge in [0.15, 0.2) is 11.5 Å². The van der Waals surface area contributed by atoms with Crippen LogP contribution in [0.3, 0.4) is 0 Å². The SMILES string of the molecule is COC1(c2cccc(C)c2)OOC12C1CC3CC2CC(OCCC(C(=O)O)C(=O)O)(C3)C1. The molecule has 5 aliphatic rings. The summed E-state index contributed by atoms with van der Waals surface area (Å²) in [5, 5.41) is 18.3. The van der Waals surface area contributed by atoms with Crippen LogP contribution in [0.1, 0.15) is 49.7 Å². The summed E-state index contributed by atoms with van der Waals surface area (Å²) in [6.45, 7) is 2.16. The molecule has 1 aromatic rings. The van der Waals surface area contributed by atoms with E-state index >= 15 is 0 Å². The number of aliphatic carboxylic acids is 2. The Hall–Kier alpha value is -2.00. The first kappa shape index (κ1) is 21.8. The first-order chi connectivity index (χ1) is 15.3. The molecule has 1 saturated heterocycles. The molecule has 5 fully saturated rings. The average molecular weight is 446 g/mol. The second kappa shape index (κ2) is 7.52. The average Bonchev–Trinajstić information content (AvgIpc) is 2.70. The van der Waals surface area contributed by atoms with Crippen molar-refractivity contribution in [2.75, 3.05) is 13.7 Å². The quantitative estimate of drug-likeness (QED) is 0.462. The third-order valence-electron chi connectivity index (χ3n) is 8.25. The molecule has 8 nitrogen and oxygen atoms in total. The molecule has 0 radical (unpaired) electrons. The third-order valence-corrected chi connectivity index (χ3v) is 8.25. The van der Waals surface area contributed by atoms with Gasteiger partial charge in [-0.25, -0.2) is 4.89 Å². The third kappa shape index (κ3) is 2.96. The number of hydrogen-bond acceptors (Lipinski definition) is 6. The van der Waals surface area contributed by atoms with Crippen molar-refractivity contribution >= 4 is 11.9 Å². The Kier molecular flexibility index (Phi) is 5.13. The Bertz CT molecular complexity index is 894. The first-order valence-electron chi connectivity index (χ1n) is 11.3. The van der Waals surface area contributed by atoms with Crippen molar-refractivity contribution < 1.29 is 39.1 Å². The molecule has 0 amide bonds. The molecule has 3 unspecified atom stereocenters. The Morgan fingerprint density at radius 2 is 1.81 bits per heavy atom. The molecule has 4 bridgehead atoms. The van der Waals surface area contributed by atoms with Crippen LogP contribution < -0.4 is 0 Å². The van der Waals surface area contributed by atoms with Crippen molar-refractivity contribution in [2.45, 2.75) is 62.4 Å². The van der Waals surface area contributed by atoms with Crippen molar-refractivity contribution in [2.24, 2.45) is 23.7 Å². The molecule has 1 spiro atoms. The van der Waals surface area contributed by atoms with Crippen LogP contribution in [0.2, 0.25) is 0 Å². The normalized spacial score (nSPS) is 39.4. The lowest BCUT2D eigenvalue weighted by Crippen LogP contribution is -2.78. The fraction of sp³-hybridized carbons (Fsp3) is 0.667. The molecule has 4 aliphatic carbocycles. The summed E-state index contributed by atoms with van der Waals surface area (Å²) in [7, 11) is 1.67. The number of rotatable bonds is 8. The molecular formula is C24H30O8. The molecule has 174 valence electrons. The summed E-state index contributed by atoms with van der Waals surface area (Å²) in [5.41, 5.74) is 1.14. The minimum absolute atomic E-state index is 0.0392. The molecule has 32 heavy (non-hydrogen) atoms. The molecular weight excluding hydrogens is 416 g/mol. The van der Waals surface area contributed by atoms with E-state index in [0.29, 0.717) is 5.92 Å². The van der Waals surface area contributed by atoms with E-state index in [0.717, 1.165) is 43.2 Å². The van der Waals surface area contributed by atoms with E-state index in [2.05, 4.69) is 6.07 Å². The monoisotopic (exact) mass is 446 g/mol. The fourth-order valence-electron chi connectivity index (χ4n) is 7.14. The Morgan fingerprint density at radius 1 is 1.12 bits per heavy atom. The maximum Gasteiger partial charge on any atom is 0.317 e. The summed E-state index contributed by atoms with van der Waals surface area (Å²) in [6.07, 6.45) is 4.44. The lowest BCUT2D eigenvalue weighted by Gasteiger charge is -2.70. The van der Waals surface area contributed by atoms with Crippen LogP contribution in [0.25, 0.3) is 0 Å². The zero-order valence-corrected chi connectivity index (χ0v) is 18.4. The van der Waals surface area contributed by atoms with Crippen molar-refractivity contribution in [3.05, 3.63) is 35.4 Å². The maximum absolute atomic E-state index is 11.2. The highest BCUT2D eigenvalue weighted by molar-refractivity contribution is 5.92. The van der Waals surface area contributed by atoms with Crippen LogP contribution in [0.4, 0.5) is 0 Å². The summed E-state index contributed by atoms with van der Waals surface area (Å²) in [4.78, 5) is 34.2. The maximum atomic E-state index is 11.2. The van der Waals surface area contributed by atoms with Gasteiger partial charge in [-0.15, -0.1) is 0 Å². The number of methoxy groups -OCH3 is 1. The van der Waals surface area contributed by atoms with Gasteiger partial charge in [-0.05, 0) is 51.4 Å². The van der Waals surface area contributed by atoms with E-state index in [1.807, 2.05) is 25.1 Å². The number of ether oxygens (including phenoxy) is 2. The van der Waals surface area contributed by atoms with Crippen LogP contribution in [0, 0.1) is 30.6 Å². The summed E-state index contributed by atoms with van der Waals surface area (Å²) in [6, 6.07) is 8.15. The highest BCUT2D eigenvalue weighted by atomic mass is 17.3. The predicted molar refractivity (Wildman–Crippen MR) is 110 cm³/mol. The Labute approximate surface area is 186 Å². The van der Waals surface area contributed by atoms with E-state index in [1.165, 1.54) is 0 Å². The van der Waals surface area contributed by atoms with Crippen LogP contribution in [0.15, 0.2) is 24.3 Å². The summed E-state index contributed by atoms with van der Waals surface area (Å²) >= 11 is 0. The number of carboxylic acids is 2. The van der Waals surface area contributed by atoms with Crippen LogP contribution in [-0.4, -0.2) is 47.1 Å². The summed E-state index contributed by atoms with van der Waals surface area (Å²) < 4.78 is 12.4. The highest BCUT2D eigenvalue weighted by Crippen LogP contribution is 2.70.